The number of hydrogen-bond donors (Lipinski definition) is 4. The van der Waals surface area contributed by atoms with Crippen LogP contribution in [0.3, 0.4) is 0 Å². The van der Waals surface area contributed by atoms with Crippen molar-refractivity contribution in [3.63, 3.8) is 0 Å². The van der Waals surface area contributed by atoms with Crippen LogP contribution in [0.15, 0.2) is 71.8 Å². The van der Waals surface area contributed by atoms with E-state index in [0.29, 0.717) is 30.8 Å². The van der Waals surface area contributed by atoms with Crippen LogP contribution >= 0.6 is 0 Å². The molecule has 0 radical (unpaired) electrons. The third kappa shape index (κ3) is 11.6. The zero-order valence-corrected chi connectivity index (χ0v) is 30.0. The second-order valence-electron chi connectivity index (χ2n) is 13.7. The monoisotopic (exact) mass is 696 g/mol. The van der Waals surface area contributed by atoms with Crippen molar-refractivity contribution in [3.05, 3.63) is 94.6 Å². The second kappa shape index (κ2) is 19.5. The molecule has 0 heterocycles. The zero-order valence-electron chi connectivity index (χ0n) is 30.0. The fourth-order valence-corrected chi connectivity index (χ4v) is 6.49. The van der Waals surface area contributed by atoms with E-state index in [9.17, 15) is 28.3 Å². The van der Waals surface area contributed by atoms with Crippen molar-refractivity contribution in [1.29, 1.82) is 0 Å². The fourth-order valence-electron chi connectivity index (χ4n) is 6.49. The highest BCUT2D eigenvalue weighted by Gasteiger charge is 2.48. The molecule has 0 aliphatic heterocycles. The van der Waals surface area contributed by atoms with Crippen LogP contribution in [0.4, 0.5) is 8.78 Å². The highest BCUT2D eigenvalue weighted by atomic mass is 19.1. The van der Waals surface area contributed by atoms with Gasteiger partial charge in [0.2, 0.25) is 17.7 Å². The Morgan fingerprint density at radius 3 is 2.22 bits per heavy atom. The lowest BCUT2D eigenvalue weighted by Crippen LogP contribution is -2.54. The number of carbonyl (C=O) groups is 3. The molecule has 3 amide bonds. The number of allylic oxidation sites excluding steroid dienone is 2. The summed E-state index contributed by atoms with van der Waals surface area (Å²) in [6.07, 6.45) is 3.25. The Bertz CT molecular complexity index is 1470. The highest BCUT2D eigenvalue weighted by Crippen LogP contribution is 2.44. The predicted molar refractivity (Wildman–Crippen MR) is 191 cm³/mol. The average molecular weight is 697 g/mol. The molecule has 2 aromatic rings. The first-order valence-electron chi connectivity index (χ1n) is 17.5. The molecule has 2 aromatic carbocycles. The van der Waals surface area contributed by atoms with Gasteiger partial charge in [-0.15, -0.1) is 0 Å². The molecule has 4 atom stereocenters. The topological polar surface area (TPSA) is 134 Å². The molecule has 1 aliphatic carbocycles. The van der Waals surface area contributed by atoms with E-state index in [-0.39, 0.29) is 55.9 Å². The molecule has 0 saturated carbocycles. The minimum absolute atomic E-state index is 0.0165. The smallest absolute Gasteiger partial charge is 0.249 e. The van der Waals surface area contributed by atoms with Gasteiger partial charge in [-0.1, -0.05) is 75.8 Å². The number of hydrogen-bond acceptors (Lipinski definition) is 6. The first-order chi connectivity index (χ1) is 23.8. The first-order valence-corrected chi connectivity index (χ1v) is 17.5. The maximum Gasteiger partial charge on any atom is 0.249 e. The van der Waals surface area contributed by atoms with Crippen molar-refractivity contribution in [2.75, 3.05) is 32.8 Å². The number of aliphatic hydroxyl groups excluding tert-OH is 1. The molecule has 0 aromatic heterocycles. The van der Waals surface area contributed by atoms with E-state index in [2.05, 4.69) is 10.6 Å². The van der Waals surface area contributed by atoms with Gasteiger partial charge in [-0.05, 0) is 61.8 Å². The Kier molecular flexibility index (Phi) is 15.8. The van der Waals surface area contributed by atoms with Crippen LogP contribution in [0.1, 0.15) is 65.0 Å². The minimum atomic E-state index is -1.60. The summed E-state index contributed by atoms with van der Waals surface area (Å²) in [5, 5.41) is 18.0. The minimum Gasteiger partial charge on any atom is -0.391 e. The van der Waals surface area contributed by atoms with Gasteiger partial charge in [-0.2, -0.15) is 0 Å². The number of benzene rings is 2. The number of aliphatic hydroxyl groups is 1. The van der Waals surface area contributed by atoms with E-state index in [1.807, 2.05) is 58.0 Å². The lowest BCUT2D eigenvalue weighted by atomic mass is 9.63. The summed E-state index contributed by atoms with van der Waals surface area (Å²) >= 11 is 0. The lowest BCUT2D eigenvalue weighted by molar-refractivity contribution is -0.132. The summed E-state index contributed by atoms with van der Waals surface area (Å²) in [5.74, 6) is -3.81. The van der Waals surface area contributed by atoms with E-state index in [1.165, 1.54) is 0 Å². The third-order valence-electron chi connectivity index (χ3n) is 8.85. The molecular weight excluding hydrogens is 642 g/mol. The number of carbonyl (C=O) groups excluding carboxylic acids is 3. The van der Waals surface area contributed by atoms with Crippen molar-refractivity contribution < 1.29 is 33.0 Å². The van der Waals surface area contributed by atoms with Crippen molar-refractivity contribution in [2.45, 2.75) is 79.1 Å². The van der Waals surface area contributed by atoms with Crippen LogP contribution < -0.4 is 16.4 Å². The Labute approximate surface area is 295 Å². The normalized spacial score (nSPS) is 17.8. The van der Waals surface area contributed by atoms with Gasteiger partial charge >= 0.3 is 0 Å². The van der Waals surface area contributed by atoms with Crippen molar-refractivity contribution in [2.24, 2.45) is 23.0 Å². The maximum absolute atomic E-state index is 14.4. The molecular formula is C39H54F2N4O5. The van der Waals surface area contributed by atoms with Gasteiger partial charge < -0.3 is 31.1 Å². The zero-order chi connectivity index (χ0) is 36.8. The number of ether oxygens (including phenoxy) is 1. The number of nitrogens with zero attached hydrogens (tertiary/aromatic N) is 1. The largest absolute Gasteiger partial charge is 0.391 e. The van der Waals surface area contributed by atoms with Gasteiger partial charge in [0.1, 0.15) is 17.7 Å². The SMILES string of the molecule is CCCN(CCC)C(=O)C1=CC(C)=CC(C(N)=O)([C@H](Cc2cc(F)cc(F)c2)[C@@H](O)CN[C@@H](COCc2ccccc2)C(=O)NCC(C)C)C1. The predicted octanol–water partition coefficient (Wildman–Crippen LogP) is 4.83. The molecule has 0 spiro atoms. The molecule has 1 unspecified atom stereocenters. The van der Waals surface area contributed by atoms with Crippen LogP contribution in [-0.2, 0) is 32.1 Å². The van der Waals surface area contributed by atoms with Crippen molar-refractivity contribution >= 4 is 17.7 Å². The van der Waals surface area contributed by atoms with Crippen molar-refractivity contribution in [1.82, 2.24) is 15.5 Å². The third-order valence-corrected chi connectivity index (χ3v) is 8.85. The molecule has 11 heteroatoms. The average Bonchev–Trinajstić information content (AvgIpc) is 3.06. The quantitative estimate of drug-likeness (QED) is 0.157. The molecule has 5 N–H and O–H groups in total. The summed E-state index contributed by atoms with van der Waals surface area (Å²) in [7, 11) is 0. The Morgan fingerprint density at radius 2 is 1.64 bits per heavy atom. The maximum atomic E-state index is 14.4. The Hall–Kier alpha value is -3.93. The highest BCUT2D eigenvalue weighted by molar-refractivity contribution is 5.97. The summed E-state index contributed by atoms with van der Waals surface area (Å²) in [5.41, 5.74) is 6.66. The summed E-state index contributed by atoms with van der Waals surface area (Å²) in [6.45, 7) is 11.2. The number of primary amides is 1. The Balaban J connectivity index is 1.97. The van der Waals surface area contributed by atoms with Crippen LogP contribution in [0.2, 0.25) is 0 Å². The van der Waals surface area contributed by atoms with Gasteiger partial charge in [-0.25, -0.2) is 8.78 Å². The first kappa shape index (κ1) is 40.5. The Morgan fingerprint density at radius 1 is 1.00 bits per heavy atom. The van der Waals surface area contributed by atoms with Crippen LogP contribution in [-0.4, -0.2) is 72.7 Å². The van der Waals surface area contributed by atoms with Crippen LogP contribution in [0.5, 0.6) is 0 Å². The van der Waals surface area contributed by atoms with E-state index < -0.39 is 41.0 Å². The molecule has 9 nitrogen and oxygen atoms in total. The number of nitrogens with one attached hydrogen (secondary N) is 2. The summed E-state index contributed by atoms with van der Waals surface area (Å²) in [6, 6.07) is 11.7. The molecule has 0 saturated heterocycles. The van der Waals surface area contributed by atoms with Gasteiger partial charge in [-0.3, -0.25) is 14.4 Å². The number of amides is 3. The summed E-state index contributed by atoms with van der Waals surface area (Å²) in [4.78, 5) is 42.5. The molecule has 0 fully saturated rings. The van der Waals surface area contributed by atoms with E-state index in [4.69, 9.17) is 10.5 Å². The molecule has 274 valence electrons. The number of rotatable bonds is 20. The van der Waals surface area contributed by atoms with Gasteiger partial charge in [0.05, 0.1) is 24.7 Å². The lowest BCUT2D eigenvalue weighted by Gasteiger charge is -2.42. The van der Waals surface area contributed by atoms with Gasteiger partial charge in [0.15, 0.2) is 0 Å². The van der Waals surface area contributed by atoms with Crippen LogP contribution in [0, 0.1) is 28.9 Å². The van der Waals surface area contributed by atoms with E-state index >= 15 is 0 Å². The molecule has 0 bridgehead atoms. The van der Waals surface area contributed by atoms with Crippen molar-refractivity contribution in [3.8, 4) is 0 Å². The number of nitrogens with two attached hydrogens (primary N) is 1. The molecule has 3 rings (SSSR count). The number of halogens is 2. The van der Waals surface area contributed by atoms with Gasteiger partial charge in [0, 0.05) is 43.7 Å². The summed E-state index contributed by atoms with van der Waals surface area (Å²) < 4.78 is 34.7. The molecule has 50 heavy (non-hydrogen) atoms. The second-order valence-corrected chi connectivity index (χ2v) is 13.7. The van der Waals surface area contributed by atoms with E-state index in [0.717, 1.165) is 36.6 Å². The molecule has 1 aliphatic rings. The van der Waals surface area contributed by atoms with Crippen LogP contribution in [0.25, 0.3) is 0 Å². The fraction of sp³-hybridized carbons (Fsp3) is 0.513. The van der Waals surface area contributed by atoms with Gasteiger partial charge in [0.25, 0.3) is 0 Å². The standard InChI is InChI=1S/C39H54F2N4O5/c1-6-13-45(14-7-2)37(48)30-15-27(5)20-39(21-30,38(42)49)33(18-29-16-31(40)19-32(41)17-29)35(46)23-43-34(36(47)44-22-26(3)4)25-50-24-28-11-9-8-10-12-28/h8-12,15-17,19-20,26,33-35,43,46H,6-7,13-14,18,21-25H2,1-5H3,(H2,42,49)(H,44,47)/t33-,34+,35+,39?/m1/s1. The van der Waals surface area contributed by atoms with E-state index in [1.54, 1.807) is 24.0 Å².